The van der Waals surface area contributed by atoms with Crippen LogP contribution in [0.5, 0.6) is 11.6 Å². The molecular weight excluding hydrogens is 347 g/mol. The van der Waals surface area contributed by atoms with Gasteiger partial charge in [-0.15, -0.1) is 0 Å². The summed E-state index contributed by atoms with van der Waals surface area (Å²) in [5.41, 5.74) is 0.802. The second kappa shape index (κ2) is 5.96. The molecule has 0 saturated carbocycles. The third-order valence-electron chi connectivity index (χ3n) is 2.30. The average molecular weight is 358 g/mol. The minimum atomic E-state index is -0.225. The zero-order chi connectivity index (χ0) is 13.0. The molecule has 0 aliphatic rings. The van der Waals surface area contributed by atoms with E-state index in [1.165, 1.54) is 6.33 Å². The van der Waals surface area contributed by atoms with Crippen LogP contribution in [0.25, 0.3) is 0 Å². The Balaban J connectivity index is 2.18. The van der Waals surface area contributed by atoms with Crippen molar-refractivity contribution in [1.29, 1.82) is 0 Å². The number of nitrogens with one attached hydrogen (secondary N) is 1. The predicted molar refractivity (Wildman–Crippen MR) is 74.9 cm³/mol. The van der Waals surface area contributed by atoms with Crippen LogP contribution in [-0.4, -0.2) is 21.7 Å². The summed E-state index contributed by atoms with van der Waals surface area (Å²) in [5, 5.41) is 8.81. The summed E-state index contributed by atoms with van der Waals surface area (Å²) in [6.07, 6.45) is 1.92. The molecule has 0 spiro atoms. The second-order valence-electron chi connectivity index (χ2n) is 3.57. The molecule has 2 N–H and O–H groups in total. The normalized spacial score (nSPS) is 10.3. The van der Waals surface area contributed by atoms with E-state index in [0.29, 0.717) is 15.7 Å². The molecule has 1 aromatic carbocycles. The fourth-order valence-corrected chi connectivity index (χ4v) is 1.81. The molecule has 6 heteroatoms. The number of benzene rings is 1. The van der Waals surface area contributed by atoms with Gasteiger partial charge < -0.3 is 14.8 Å². The lowest BCUT2D eigenvalue weighted by Crippen LogP contribution is -2.11. The minimum Gasteiger partial charge on any atom is -0.438 e. The van der Waals surface area contributed by atoms with Gasteiger partial charge in [-0.3, -0.25) is 4.79 Å². The lowest BCUT2D eigenvalue weighted by atomic mass is 10.1. The molecule has 2 aromatic rings. The number of aromatic amines is 1. The van der Waals surface area contributed by atoms with Crippen LogP contribution in [0.4, 0.5) is 0 Å². The van der Waals surface area contributed by atoms with Gasteiger partial charge in [-0.05, 0) is 46.7 Å². The highest BCUT2D eigenvalue weighted by molar-refractivity contribution is 14.1. The Labute approximate surface area is 117 Å². The molecule has 0 amide bonds. The van der Waals surface area contributed by atoms with Crippen molar-refractivity contribution in [1.82, 2.24) is 9.97 Å². The Bertz CT molecular complexity index is 581. The highest BCUT2D eigenvalue weighted by Crippen LogP contribution is 2.22. The molecule has 2 rings (SSSR count). The summed E-state index contributed by atoms with van der Waals surface area (Å²) in [6, 6.07) is 7.30. The predicted octanol–water partition coefficient (Wildman–Crippen LogP) is 1.70. The van der Waals surface area contributed by atoms with E-state index in [2.05, 4.69) is 9.97 Å². The molecule has 1 heterocycles. The fraction of sp³-hybridized carbons (Fsp3) is 0.167. The quantitative estimate of drug-likeness (QED) is 0.816. The van der Waals surface area contributed by atoms with E-state index in [0.717, 1.165) is 5.56 Å². The van der Waals surface area contributed by atoms with E-state index in [4.69, 9.17) is 9.84 Å². The van der Waals surface area contributed by atoms with Gasteiger partial charge in [0.05, 0.1) is 6.33 Å². The molecule has 0 fully saturated rings. The van der Waals surface area contributed by atoms with Crippen LogP contribution in [0.3, 0.4) is 0 Å². The van der Waals surface area contributed by atoms with E-state index < -0.39 is 0 Å². The monoisotopic (exact) mass is 358 g/mol. The molecule has 0 radical (unpaired) electrons. The second-order valence-corrected chi connectivity index (χ2v) is 4.65. The number of rotatable bonds is 4. The van der Waals surface area contributed by atoms with Gasteiger partial charge in [0, 0.05) is 6.61 Å². The van der Waals surface area contributed by atoms with Gasteiger partial charge in [0.2, 0.25) is 5.88 Å². The first-order valence-corrected chi connectivity index (χ1v) is 6.39. The van der Waals surface area contributed by atoms with Crippen LogP contribution in [0, 0.1) is 3.57 Å². The van der Waals surface area contributed by atoms with Gasteiger partial charge in [-0.1, -0.05) is 12.1 Å². The Kier molecular flexibility index (Phi) is 4.32. The third kappa shape index (κ3) is 3.08. The number of hydrogen-bond donors (Lipinski definition) is 2. The number of hydrogen-bond acceptors (Lipinski definition) is 4. The number of aromatic nitrogens is 2. The van der Waals surface area contributed by atoms with E-state index in [1.807, 2.05) is 34.7 Å². The van der Waals surface area contributed by atoms with Crippen LogP contribution in [0.2, 0.25) is 0 Å². The first kappa shape index (κ1) is 13.0. The zero-order valence-corrected chi connectivity index (χ0v) is 11.5. The summed E-state index contributed by atoms with van der Waals surface area (Å²) in [6.45, 7) is 0.119. The van der Waals surface area contributed by atoms with Crippen molar-refractivity contribution in [2.24, 2.45) is 0 Å². The van der Waals surface area contributed by atoms with Crippen molar-refractivity contribution >= 4 is 22.6 Å². The van der Waals surface area contributed by atoms with Crippen LogP contribution in [0.15, 0.2) is 35.4 Å². The molecule has 5 nitrogen and oxygen atoms in total. The van der Waals surface area contributed by atoms with Gasteiger partial charge in [-0.25, -0.2) is 4.98 Å². The lowest BCUT2D eigenvalue weighted by molar-refractivity contribution is 0.299. The largest absolute Gasteiger partial charge is 0.438 e. The molecule has 94 valence electrons. The summed E-state index contributed by atoms with van der Waals surface area (Å²) >= 11 is 1.89. The van der Waals surface area contributed by atoms with Gasteiger partial charge in [0.1, 0.15) is 9.32 Å². The van der Waals surface area contributed by atoms with Crippen LogP contribution in [0.1, 0.15) is 5.56 Å². The number of ether oxygens (including phenoxy) is 1. The highest BCUT2D eigenvalue weighted by atomic mass is 127. The van der Waals surface area contributed by atoms with Gasteiger partial charge in [0.15, 0.2) is 0 Å². The Morgan fingerprint density at radius 1 is 1.33 bits per heavy atom. The van der Waals surface area contributed by atoms with Crippen LogP contribution in [-0.2, 0) is 6.42 Å². The van der Waals surface area contributed by atoms with E-state index in [1.54, 1.807) is 12.1 Å². The van der Waals surface area contributed by atoms with Gasteiger partial charge in [-0.2, -0.15) is 0 Å². The Hall–Kier alpha value is -1.41. The van der Waals surface area contributed by atoms with E-state index >= 15 is 0 Å². The molecule has 0 atom stereocenters. The topological polar surface area (TPSA) is 75.2 Å². The number of aliphatic hydroxyl groups excluding tert-OH is 1. The van der Waals surface area contributed by atoms with Crippen LogP contribution >= 0.6 is 22.6 Å². The number of nitrogens with zero attached hydrogens (tertiary/aromatic N) is 1. The molecular formula is C12H11IN2O3. The third-order valence-corrected chi connectivity index (χ3v) is 3.25. The van der Waals surface area contributed by atoms with Crippen molar-refractivity contribution in [3.8, 4) is 11.6 Å². The number of H-pyrrole nitrogens is 1. The Morgan fingerprint density at radius 2 is 2.06 bits per heavy atom. The molecule has 0 bridgehead atoms. The maximum atomic E-state index is 11.4. The van der Waals surface area contributed by atoms with Crippen molar-refractivity contribution in [2.45, 2.75) is 6.42 Å². The summed E-state index contributed by atoms with van der Waals surface area (Å²) in [4.78, 5) is 17.8. The molecule has 0 saturated heterocycles. The lowest BCUT2D eigenvalue weighted by Gasteiger charge is -2.06. The highest BCUT2D eigenvalue weighted by Gasteiger charge is 2.07. The standard InChI is InChI=1S/C12H11IN2O3/c13-10-11(17)14-7-15-12(10)18-9-3-1-8(2-4-9)5-6-16/h1-4,7,16H,5-6H2,(H,14,15,17). The first-order valence-electron chi connectivity index (χ1n) is 5.31. The maximum Gasteiger partial charge on any atom is 0.268 e. The molecule has 0 aliphatic heterocycles. The smallest absolute Gasteiger partial charge is 0.268 e. The molecule has 0 aliphatic carbocycles. The molecule has 1 aromatic heterocycles. The van der Waals surface area contributed by atoms with Gasteiger partial charge >= 0.3 is 0 Å². The minimum absolute atomic E-state index is 0.119. The maximum absolute atomic E-state index is 11.4. The summed E-state index contributed by atoms with van der Waals surface area (Å²) in [7, 11) is 0. The Morgan fingerprint density at radius 3 is 2.72 bits per heavy atom. The first-order chi connectivity index (χ1) is 8.70. The van der Waals surface area contributed by atoms with Crippen molar-refractivity contribution < 1.29 is 9.84 Å². The summed E-state index contributed by atoms with van der Waals surface area (Å²) in [5.74, 6) is 0.891. The summed E-state index contributed by atoms with van der Waals surface area (Å²) < 4.78 is 5.93. The average Bonchev–Trinajstić information content (AvgIpc) is 2.38. The SMILES string of the molecule is O=c1[nH]cnc(Oc2ccc(CCO)cc2)c1I. The van der Waals surface area contributed by atoms with Crippen LogP contribution < -0.4 is 10.3 Å². The fourth-order valence-electron chi connectivity index (χ4n) is 1.40. The van der Waals surface area contributed by atoms with Gasteiger partial charge in [0.25, 0.3) is 5.56 Å². The van der Waals surface area contributed by atoms with Crippen molar-refractivity contribution in [3.05, 3.63) is 50.1 Å². The van der Waals surface area contributed by atoms with Crippen molar-refractivity contribution in [2.75, 3.05) is 6.61 Å². The number of aliphatic hydroxyl groups is 1. The molecule has 0 unspecified atom stereocenters. The van der Waals surface area contributed by atoms with Crippen molar-refractivity contribution in [3.63, 3.8) is 0 Å². The zero-order valence-electron chi connectivity index (χ0n) is 9.39. The van der Waals surface area contributed by atoms with E-state index in [-0.39, 0.29) is 18.0 Å². The molecule has 18 heavy (non-hydrogen) atoms. The van der Waals surface area contributed by atoms with E-state index in [9.17, 15) is 4.79 Å². The number of halogens is 1.